The number of ether oxygens (including phenoxy) is 1. The molecule has 4 heterocycles. The Kier molecular flexibility index (Phi) is 4.46. The average molecular weight is 425 g/mol. The minimum atomic E-state index is -0.607. The molecule has 0 bridgehead atoms. The molecule has 3 aromatic rings. The van der Waals surface area contributed by atoms with Crippen molar-refractivity contribution in [2.24, 2.45) is 0 Å². The molecular formula is C24H25F2N3O2+2. The number of carbonyl (C=O) groups excluding carboxylic acids is 1. The summed E-state index contributed by atoms with van der Waals surface area (Å²) in [6.45, 7) is 6.44. The fourth-order valence-corrected chi connectivity index (χ4v) is 5.64. The van der Waals surface area contributed by atoms with Gasteiger partial charge in [0, 0.05) is 25.1 Å². The lowest BCUT2D eigenvalue weighted by Gasteiger charge is -2.43. The normalized spacial score (nSPS) is 21.1. The second-order valence-corrected chi connectivity index (χ2v) is 8.43. The quantitative estimate of drug-likeness (QED) is 0.514. The first-order chi connectivity index (χ1) is 14.9. The van der Waals surface area contributed by atoms with E-state index in [2.05, 4.69) is 4.98 Å². The van der Waals surface area contributed by atoms with E-state index in [-0.39, 0.29) is 6.04 Å². The maximum atomic E-state index is 15.1. The summed E-state index contributed by atoms with van der Waals surface area (Å²) in [6, 6.07) is 7.66. The fourth-order valence-electron chi connectivity index (χ4n) is 5.64. The van der Waals surface area contributed by atoms with Crippen LogP contribution in [0.15, 0.2) is 42.7 Å². The van der Waals surface area contributed by atoms with Gasteiger partial charge in [-0.2, -0.15) is 4.57 Å². The van der Waals surface area contributed by atoms with Gasteiger partial charge in [0.25, 0.3) is 11.5 Å². The van der Waals surface area contributed by atoms with Gasteiger partial charge in [0.05, 0.1) is 11.0 Å². The van der Waals surface area contributed by atoms with Crippen LogP contribution < -0.4 is 9.13 Å². The molecule has 31 heavy (non-hydrogen) atoms. The molecule has 0 saturated heterocycles. The summed E-state index contributed by atoms with van der Waals surface area (Å²) >= 11 is 0. The number of nitrogens with zero attached hydrogens (tertiary/aromatic N) is 2. The number of pyridine rings is 1. The van der Waals surface area contributed by atoms with E-state index in [0.29, 0.717) is 41.9 Å². The van der Waals surface area contributed by atoms with Gasteiger partial charge in [-0.25, -0.2) is 23.1 Å². The molecule has 2 aromatic heterocycles. The molecule has 7 heteroatoms. The molecule has 160 valence electrons. The van der Waals surface area contributed by atoms with Crippen molar-refractivity contribution in [3.63, 3.8) is 0 Å². The van der Waals surface area contributed by atoms with Crippen molar-refractivity contribution >= 4 is 5.97 Å². The van der Waals surface area contributed by atoms with Crippen LogP contribution in [0.4, 0.5) is 8.78 Å². The molecule has 2 aliphatic rings. The summed E-state index contributed by atoms with van der Waals surface area (Å²) in [7, 11) is 0. The smallest absolute Gasteiger partial charge is 0.383 e. The Morgan fingerprint density at radius 2 is 1.97 bits per heavy atom. The van der Waals surface area contributed by atoms with E-state index < -0.39 is 29.1 Å². The Morgan fingerprint density at radius 1 is 1.19 bits per heavy atom. The number of H-pyrrole nitrogens is 1. The van der Waals surface area contributed by atoms with Crippen molar-refractivity contribution in [2.75, 3.05) is 0 Å². The van der Waals surface area contributed by atoms with Gasteiger partial charge in [0.15, 0.2) is 6.20 Å². The number of cyclic esters (lactones) is 1. The molecule has 2 aliphatic heterocycles. The van der Waals surface area contributed by atoms with Gasteiger partial charge < -0.3 is 4.74 Å². The molecular weight excluding hydrogens is 400 g/mol. The third kappa shape index (κ3) is 2.68. The number of halogens is 2. The molecule has 2 unspecified atom stereocenters. The molecule has 5 nitrogen and oxygen atoms in total. The van der Waals surface area contributed by atoms with Crippen LogP contribution in [-0.2, 0) is 16.7 Å². The molecule has 0 saturated carbocycles. The summed E-state index contributed by atoms with van der Waals surface area (Å²) < 4.78 is 39.5. The molecule has 5 rings (SSSR count). The zero-order valence-corrected chi connectivity index (χ0v) is 17.8. The number of fused-ring (bicyclic) bond motifs is 4. The van der Waals surface area contributed by atoms with Crippen molar-refractivity contribution in [3.05, 3.63) is 71.4 Å². The number of nitrogens with one attached hydrogen (secondary N) is 1. The highest BCUT2D eigenvalue weighted by Gasteiger charge is 2.57. The Bertz CT molecular complexity index is 1200. The monoisotopic (exact) mass is 425 g/mol. The van der Waals surface area contributed by atoms with Crippen LogP contribution in [0.5, 0.6) is 0 Å². The van der Waals surface area contributed by atoms with Crippen LogP contribution in [0, 0.1) is 18.6 Å². The number of esters is 1. The van der Waals surface area contributed by atoms with E-state index in [1.54, 1.807) is 6.20 Å². The molecule has 0 aliphatic carbocycles. The van der Waals surface area contributed by atoms with Gasteiger partial charge in [0.1, 0.15) is 24.4 Å². The van der Waals surface area contributed by atoms with E-state index in [1.165, 1.54) is 6.07 Å². The highest BCUT2D eigenvalue weighted by atomic mass is 19.1. The lowest BCUT2D eigenvalue weighted by molar-refractivity contribution is -0.763. The zero-order valence-electron chi connectivity index (χ0n) is 17.8. The number of benzene rings is 1. The third-order valence-electron chi connectivity index (χ3n) is 7.16. The van der Waals surface area contributed by atoms with E-state index in [4.69, 9.17) is 4.74 Å². The predicted octanol–water partition coefficient (Wildman–Crippen LogP) is 3.70. The van der Waals surface area contributed by atoms with Crippen molar-refractivity contribution < 1.29 is 27.4 Å². The molecule has 0 radical (unpaired) electrons. The molecule has 0 fully saturated rings. The van der Waals surface area contributed by atoms with Crippen LogP contribution in [0.25, 0.3) is 11.3 Å². The average Bonchev–Trinajstić information content (AvgIpc) is 3.13. The van der Waals surface area contributed by atoms with Crippen molar-refractivity contribution in [2.45, 2.75) is 57.7 Å². The topological polar surface area (TPSA) is 49.8 Å². The van der Waals surface area contributed by atoms with Crippen LogP contribution in [0.3, 0.4) is 0 Å². The Labute approximate surface area is 179 Å². The summed E-state index contributed by atoms with van der Waals surface area (Å²) in [6.07, 6.45) is 4.35. The van der Waals surface area contributed by atoms with Gasteiger partial charge in [-0.1, -0.05) is 13.8 Å². The van der Waals surface area contributed by atoms with Gasteiger partial charge in [-0.05, 0) is 30.5 Å². The van der Waals surface area contributed by atoms with Crippen molar-refractivity contribution in [1.29, 1.82) is 0 Å². The third-order valence-corrected chi connectivity index (χ3v) is 7.16. The zero-order chi connectivity index (χ0) is 21.9. The highest BCUT2D eigenvalue weighted by molar-refractivity contribution is 5.86. The van der Waals surface area contributed by atoms with E-state index in [1.807, 2.05) is 54.3 Å². The standard InChI is InChI=1S/C24H24F2N3O2/c1-4-24(5-2)16-10-15(25)11-17(26)21(16)18-8-6-7-9-28(18)22(24)20-13-29-14(3)27-12-19(29)23(30)31-20/h6-12,20,22H,4-5,13H2,1-3H3/q+1/p+1. The minimum Gasteiger partial charge on any atom is -0.445 e. The number of aromatic amines is 1. The van der Waals surface area contributed by atoms with E-state index >= 15 is 4.39 Å². The fraction of sp³-hybridized carbons (Fsp3) is 0.375. The Morgan fingerprint density at radius 3 is 2.71 bits per heavy atom. The molecule has 1 N–H and O–H groups in total. The summed E-state index contributed by atoms with van der Waals surface area (Å²) in [4.78, 5) is 15.9. The van der Waals surface area contributed by atoms with Crippen LogP contribution in [0.2, 0.25) is 0 Å². The predicted molar refractivity (Wildman–Crippen MR) is 108 cm³/mol. The van der Waals surface area contributed by atoms with Crippen molar-refractivity contribution in [1.82, 2.24) is 4.98 Å². The number of aryl methyl sites for hydroxylation is 1. The van der Waals surface area contributed by atoms with Gasteiger partial charge in [-0.15, -0.1) is 0 Å². The van der Waals surface area contributed by atoms with E-state index in [0.717, 1.165) is 11.9 Å². The van der Waals surface area contributed by atoms with Gasteiger partial charge in [-0.3, -0.25) is 0 Å². The second-order valence-electron chi connectivity index (χ2n) is 8.43. The number of imidazole rings is 1. The summed E-state index contributed by atoms with van der Waals surface area (Å²) in [5.74, 6) is -0.694. The minimum absolute atomic E-state index is 0.314. The summed E-state index contributed by atoms with van der Waals surface area (Å²) in [5.41, 5.74) is 1.61. The first kappa shape index (κ1) is 19.8. The van der Waals surface area contributed by atoms with Crippen LogP contribution in [-0.4, -0.2) is 17.1 Å². The van der Waals surface area contributed by atoms with E-state index in [9.17, 15) is 9.18 Å². The molecule has 1 aromatic carbocycles. The number of carbonyl (C=O) groups is 1. The van der Waals surface area contributed by atoms with Gasteiger partial charge in [0.2, 0.25) is 17.8 Å². The second kappa shape index (κ2) is 6.97. The number of hydrogen-bond acceptors (Lipinski definition) is 2. The van der Waals surface area contributed by atoms with Crippen molar-refractivity contribution in [3.8, 4) is 11.3 Å². The number of hydrogen-bond donors (Lipinski definition) is 1. The Balaban J connectivity index is 1.77. The largest absolute Gasteiger partial charge is 0.445 e. The SMILES string of the molecule is CCC1(CC)c2cc(F)cc(F)c2-c2cccc[n+]2C1C1C[n+]2c(c[nH]c2C)C(=O)O1. The van der Waals surface area contributed by atoms with Gasteiger partial charge >= 0.3 is 5.97 Å². The highest BCUT2D eigenvalue weighted by Crippen LogP contribution is 2.50. The molecule has 0 amide bonds. The number of rotatable bonds is 3. The molecule has 0 spiro atoms. The van der Waals surface area contributed by atoms with Crippen LogP contribution in [0.1, 0.15) is 54.6 Å². The maximum absolute atomic E-state index is 15.1. The lowest BCUT2D eigenvalue weighted by Crippen LogP contribution is -2.65. The number of aromatic nitrogens is 3. The molecule has 2 atom stereocenters. The first-order valence-electron chi connectivity index (χ1n) is 10.7. The lowest BCUT2D eigenvalue weighted by atomic mass is 9.64. The Hall–Kier alpha value is -3.09. The first-order valence-corrected chi connectivity index (χ1v) is 10.7. The maximum Gasteiger partial charge on any atom is 0.383 e. The summed E-state index contributed by atoms with van der Waals surface area (Å²) in [5, 5.41) is 0. The van der Waals surface area contributed by atoms with Crippen LogP contribution >= 0.6 is 0 Å².